The van der Waals surface area contributed by atoms with Gasteiger partial charge in [0.1, 0.15) is 5.69 Å². The molecule has 2 aromatic heterocycles. The molecule has 0 saturated heterocycles. The van der Waals surface area contributed by atoms with Crippen molar-refractivity contribution in [2.75, 3.05) is 0 Å². The fraction of sp³-hybridized carbons (Fsp3) is 0. The van der Waals surface area contributed by atoms with E-state index in [1.165, 1.54) is 12.5 Å². The number of hydrogen-bond donors (Lipinski definition) is 0. The highest BCUT2D eigenvalue weighted by molar-refractivity contribution is 9.10. The third-order valence-electron chi connectivity index (χ3n) is 1.78. The Kier molecular flexibility index (Phi) is 2.88. The Morgan fingerprint density at radius 1 is 1.40 bits per heavy atom. The molecule has 0 aliphatic heterocycles. The Morgan fingerprint density at radius 2 is 2.20 bits per heavy atom. The molecule has 0 unspecified atom stereocenters. The van der Waals surface area contributed by atoms with Crippen LogP contribution in [0.2, 0.25) is 5.02 Å². The molecule has 0 atom stereocenters. The van der Waals surface area contributed by atoms with Crippen molar-refractivity contribution in [2.24, 2.45) is 0 Å². The number of ketones is 1. The van der Waals surface area contributed by atoms with Gasteiger partial charge in [0.25, 0.3) is 0 Å². The van der Waals surface area contributed by atoms with E-state index in [2.05, 4.69) is 20.9 Å². The third kappa shape index (κ3) is 2.11. The quantitative estimate of drug-likeness (QED) is 0.795. The highest BCUT2D eigenvalue weighted by Crippen LogP contribution is 2.20. The largest absolute Gasteiger partial charge is 0.460 e. The molecule has 0 bridgehead atoms. The molecule has 15 heavy (non-hydrogen) atoms. The number of nitrogens with zero attached hydrogens (tertiary/aromatic N) is 1. The van der Waals surface area contributed by atoms with E-state index in [9.17, 15) is 4.79 Å². The number of furan rings is 1. The number of pyridine rings is 1. The molecule has 2 heterocycles. The molecule has 76 valence electrons. The van der Waals surface area contributed by atoms with Crippen molar-refractivity contribution in [1.29, 1.82) is 0 Å². The topological polar surface area (TPSA) is 43.1 Å². The minimum atomic E-state index is -0.274. The van der Waals surface area contributed by atoms with Crippen LogP contribution in [0.1, 0.15) is 16.2 Å². The Bertz CT molecular complexity index is 492. The normalized spacial score (nSPS) is 10.3. The summed E-state index contributed by atoms with van der Waals surface area (Å²) in [7, 11) is 0. The van der Waals surface area contributed by atoms with E-state index >= 15 is 0 Å². The van der Waals surface area contributed by atoms with E-state index in [1.807, 2.05) is 0 Å². The van der Waals surface area contributed by atoms with Crippen molar-refractivity contribution < 1.29 is 9.21 Å². The van der Waals surface area contributed by atoms with E-state index in [-0.39, 0.29) is 11.5 Å². The summed E-state index contributed by atoms with van der Waals surface area (Å²) < 4.78 is 5.66. The first-order chi connectivity index (χ1) is 7.18. The van der Waals surface area contributed by atoms with Crippen LogP contribution in [-0.4, -0.2) is 10.8 Å². The van der Waals surface area contributed by atoms with Gasteiger partial charge in [-0.25, -0.2) is 0 Å². The molecule has 3 nitrogen and oxygen atoms in total. The van der Waals surface area contributed by atoms with E-state index in [0.717, 1.165) is 0 Å². The highest BCUT2D eigenvalue weighted by Gasteiger charge is 2.16. The first-order valence-corrected chi connectivity index (χ1v) is 5.25. The summed E-state index contributed by atoms with van der Waals surface area (Å²) in [6, 6.07) is 4.82. The zero-order valence-electron chi connectivity index (χ0n) is 7.41. The minimum Gasteiger partial charge on any atom is -0.460 e. The number of rotatable bonds is 2. The maximum absolute atomic E-state index is 11.8. The Hall–Kier alpha value is -1.13. The fourth-order valence-corrected chi connectivity index (χ4v) is 1.58. The Balaban J connectivity index is 2.37. The number of carbonyl (C=O) groups is 1. The van der Waals surface area contributed by atoms with Crippen molar-refractivity contribution in [1.82, 2.24) is 4.98 Å². The summed E-state index contributed by atoms with van der Waals surface area (Å²) in [6.45, 7) is 0. The molecule has 0 radical (unpaired) electrons. The minimum absolute atomic E-state index is 0.241. The summed E-state index contributed by atoms with van der Waals surface area (Å²) >= 11 is 8.88. The van der Waals surface area contributed by atoms with Gasteiger partial charge in [-0.2, -0.15) is 0 Å². The van der Waals surface area contributed by atoms with Gasteiger partial charge >= 0.3 is 0 Å². The third-order valence-corrected chi connectivity index (χ3v) is 2.63. The highest BCUT2D eigenvalue weighted by atomic mass is 79.9. The standard InChI is InChI=1S/C10H5BrClNO2/c11-7-3-4-15-10(7)9(14)8-2-1-6(12)5-13-8/h1-5H. The monoisotopic (exact) mass is 285 g/mol. The van der Waals surface area contributed by atoms with Gasteiger partial charge in [-0.15, -0.1) is 0 Å². The van der Waals surface area contributed by atoms with Crippen LogP contribution >= 0.6 is 27.5 Å². The summed E-state index contributed by atoms with van der Waals surface area (Å²) in [6.07, 6.45) is 2.86. The lowest BCUT2D eigenvalue weighted by atomic mass is 10.2. The molecule has 2 aromatic rings. The molecule has 0 spiro atoms. The maximum Gasteiger partial charge on any atom is 0.247 e. The summed E-state index contributed by atoms with van der Waals surface area (Å²) in [5.74, 6) is -0.0339. The summed E-state index contributed by atoms with van der Waals surface area (Å²) in [5.41, 5.74) is 0.301. The van der Waals surface area contributed by atoms with Gasteiger partial charge in [0.05, 0.1) is 15.8 Å². The van der Waals surface area contributed by atoms with E-state index in [4.69, 9.17) is 16.0 Å². The smallest absolute Gasteiger partial charge is 0.247 e. The molecule has 0 aliphatic carbocycles. The van der Waals surface area contributed by atoms with Crippen LogP contribution in [0.5, 0.6) is 0 Å². The van der Waals surface area contributed by atoms with Crippen molar-refractivity contribution in [3.05, 3.63) is 51.6 Å². The Labute approximate surface area is 99.2 Å². The van der Waals surface area contributed by atoms with Crippen molar-refractivity contribution >= 4 is 33.3 Å². The second kappa shape index (κ2) is 4.16. The molecule has 0 aromatic carbocycles. The first kappa shape index (κ1) is 10.4. The molecule has 0 fully saturated rings. The fourth-order valence-electron chi connectivity index (χ4n) is 1.08. The molecule has 0 saturated carbocycles. The zero-order chi connectivity index (χ0) is 10.8. The summed E-state index contributed by atoms with van der Waals surface area (Å²) in [4.78, 5) is 15.7. The molecular formula is C10H5BrClNO2. The predicted octanol–water partition coefficient (Wildman–Crippen LogP) is 3.32. The molecule has 0 amide bonds. The number of halogens is 2. The molecular weight excluding hydrogens is 281 g/mol. The lowest BCUT2D eigenvalue weighted by Gasteiger charge is -1.97. The van der Waals surface area contributed by atoms with Crippen LogP contribution < -0.4 is 0 Å². The lowest BCUT2D eigenvalue weighted by Crippen LogP contribution is -2.02. The second-order valence-corrected chi connectivity index (χ2v) is 4.08. The van der Waals surface area contributed by atoms with Gasteiger partial charge in [0.15, 0.2) is 5.76 Å². The van der Waals surface area contributed by atoms with E-state index < -0.39 is 0 Å². The van der Waals surface area contributed by atoms with Crippen LogP contribution in [0.4, 0.5) is 0 Å². The maximum atomic E-state index is 11.8. The molecule has 5 heteroatoms. The summed E-state index contributed by atoms with van der Waals surface area (Å²) in [5, 5.41) is 0.491. The van der Waals surface area contributed by atoms with Crippen molar-refractivity contribution in [3.8, 4) is 0 Å². The van der Waals surface area contributed by atoms with Crippen LogP contribution in [0.3, 0.4) is 0 Å². The van der Waals surface area contributed by atoms with Crippen LogP contribution in [0.25, 0.3) is 0 Å². The van der Waals surface area contributed by atoms with Crippen LogP contribution in [0.15, 0.2) is 39.5 Å². The Morgan fingerprint density at radius 3 is 2.73 bits per heavy atom. The van der Waals surface area contributed by atoms with Crippen LogP contribution in [-0.2, 0) is 0 Å². The van der Waals surface area contributed by atoms with E-state index in [1.54, 1.807) is 18.2 Å². The second-order valence-electron chi connectivity index (χ2n) is 2.79. The first-order valence-electron chi connectivity index (χ1n) is 4.08. The van der Waals surface area contributed by atoms with Crippen LogP contribution in [0, 0.1) is 0 Å². The van der Waals surface area contributed by atoms with Gasteiger partial charge in [0.2, 0.25) is 5.78 Å². The average molecular weight is 287 g/mol. The van der Waals surface area contributed by atoms with Gasteiger partial charge in [-0.05, 0) is 34.1 Å². The van der Waals surface area contributed by atoms with Gasteiger partial charge < -0.3 is 4.42 Å². The van der Waals surface area contributed by atoms with Gasteiger partial charge in [0, 0.05) is 6.20 Å². The lowest BCUT2D eigenvalue weighted by molar-refractivity contribution is 0.100. The SMILES string of the molecule is O=C(c1ccc(Cl)cn1)c1occc1Br. The molecule has 2 rings (SSSR count). The average Bonchev–Trinajstić information content (AvgIpc) is 2.65. The predicted molar refractivity (Wildman–Crippen MR) is 59.1 cm³/mol. The van der Waals surface area contributed by atoms with Gasteiger partial charge in [-0.1, -0.05) is 11.6 Å². The van der Waals surface area contributed by atoms with Crippen molar-refractivity contribution in [2.45, 2.75) is 0 Å². The number of aromatic nitrogens is 1. The van der Waals surface area contributed by atoms with E-state index in [0.29, 0.717) is 15.2 Å². The zero-order valence-corrected chi connectivity index (χ0v) is 9.75. The molecule has 0 N–H and O–H groups in total. The van der Waals surface area contributed by atoms with Crippen molar-refractivity contribution in [3.63, 3.8) is 0 Å². The van der Waals surface area contributed by atoms with Gasteiger partial charge in [-0.3, -0.25) is 9.78 Å². The molecule has 0 aliphatic rings. The number of hydrogen-bond acceptors (Lipinski definition) is 3. The number of carbonyl (C=O) groups excluding carboxylic acids is 1.